The summed E-state index contributed by atoms with van der Waals surface area (Å²) >= 11 is 0. The molecule has 0 saturated carbocycles. The van der Waals surface area contributed by atoms with Crippen LogP contribution in [0.2, 0.25) is 0 Å². The number of esters is 2. The third kappa shape index (κ3) is 5.55. The monoisotopic (exact) mass is 546 g/mol. The fraction of sp³-hybridized carbons (Fsp3) is 0.323. The summed E-state index contributed by atoms with van der Waals surface area (Å²) in [6, 6.07) is 25.7. The van der Waals surface area contributed by atoms with Gasteiger partial charge in [-0.05, 0) is 40.7 Å². The van der Waals surface area contributed by atoms with Crippen molar-refractivity contribution in [1.82, 2.24) is 0 Å². The molecular weight excluding hydrogens is 511 g/mol. The maximum Gasteiger partial charge on any atom is 0.317 e. The van der Waals surface area contributed by atoms with E-state index < -0.39 is 48.8 Å². The predicted molar refractivity (Wildman–Crippen MR) is 156 cm³/mol. The molecular formula is C31H35N2O5P. The van der Waals surface area contributed by atoms with Crippen LogP contribution in [-0.2, 0) is 23.9 Å². The van der Waals surface area contributed by atoms with Crippen molar-refractivity contribution >= 4 is 42.3 Å². The van der Waals surface area contributed by atoms with Crippen LogP contribution < -0.4 is 15.1 Å². The van der Waals surface area contributed by atoms with Crippen molar-refractivity contribution in [3.8, 4) is 0 Å². The van der Waals surface area contributed by atoms with Crippen molar-refractivity contribution in [2.45, 2.75) is 11.3 Å². The number of hydrogen-bond acceptors (Lipinski definition) is 7. The standard InChI is InChI=1S/C31H35N2O5P/c1-32(2)22-16-12-20(13-17-22)28-25(30(35)37-5)27(34)26(31(36)38-6)29(39(28)24-10-8-7-9-11-24)21-14-18-23(19-15-21)33(3)4/h7-19,25-26,28-29H,1-6H3/t25-,26+,28+,29-,39?. The summed E-state index contributed by atoms with van der Waals surface area (Å²) < 4.78 is 10.4. The molecule has 1 aliphatic rings. The van der Waals surface area contributed by atoms with E-state index in [1.807, 2.05) is 117 Å². The molecule has 204 valence electrons. The van der Waals surface area contributed by atoms with Gasteiger partial charge in [-0.25, -0.2) is 0 Å². The van der Waals surface area contributed by atoms with Crippen molar-refractivity contribution in [2.75, 3.05) is 52.2 Å². The smallest absolute Gasteiger partial charge is 0.317 e. The first-order valence-electron chi connectivity index (χ1n) is 12.8. The molecule has 1 heterocycles. The Bertz CT molecular complexity index is 1230. The van der Waals surface area contributed by atoms with E-state index in [0.29, 0.717) is 0 Å². The summed E-state index contributed by atoms with van der Waals surface area (Å²) in [6.45, 7) is 0. The van der Waals surface area contributed by atoms with Crippen molar-refractivity contribution in [1.29, 1.82) is 0 Å². The van der Waals surface area contributed by atoms with Crippen LogP contribution in [0.3, 0.4) is 0 Å². The third-order valence-electron chi connectivity index (χ3n) is 7.31. The largest absolute Gasteiger partial charge is 0.468 e. The van der Waals surface area contributed by atoms with Crippen LogP contribution in [0.4, 0.5) is 11.4 Å². The van der Waals surface area contributed by atoms with Crippen LogP contribution in [0.15, 0.2) is 78.9 Å². The van der Waals surface area contributed by atoms with E-state index in [4.69, 9.17) is 9.47 Å². The highest BCUT2D eigenvalue weighted by molar-refractivity contribution is 7.66. The molecule has 1 fully saturated rings. The predicted octanol–water partition coefficient (Wildman–Crippen LogP) is 4.57. The second-order valence-electron chi connectivity index (χ2n) is 10.0. The van der Waals surface area contributed by atoms with Gasteiger partial charge in [-0.3, -0.25) is 14.4 Å². The highest BCUT2D eigenvalue weighted by atomic mass is 31.1. The molecule has 0 N–H and O–H groups in total. The fourth-order valence-corrected chi connectivity index (χ4v) is 8.98. The van der Waals surface area contributed by atoms with Gasteiger partial charge in [0.2, 0.25) is 0 Å². The Morgan fingerprint density at radius 1 is 0.641 bits per heavy atom. The van der Waals surface area contributed by atoms with Gasteiger partial charge in [-0.2, -0.15) is 0 Å². The van der Waals surface area contributed by atoms with Gasteiger partial charge in [0, 0.05) is 50.9 Å². The molecule has 39 heavy (non-hydrogen) atoms. The van der Waals surface area contributed by atoms with E-state index in [1.54, 1.807) is 0 Å². The first kappa shape index (κ1) is 28.3. The van der Waals surface area contributed by atoms with Crippen molar-refractivity contribution < 1.29 is 23.9 Å². The van der Waals surface area contributed by atoms with Crippen LogP contribution in [0.1, 0.15) is 22.4 Å². The van der Waals surface area contributed by atoms with Gasteiger partial charge in [0.05, 0.1) is 14.2 Å². The van der Waals surface area contributed by atoms with Crippen LogP contribution in [0.25, 0.3) is 0 Å². The lowest BCUT2D eigenvalue weighted by Crippen LogP contribution is -2.46. The summed E-state index contributed by atoms with van der Waals surface area (Å²) in [6.07, 6.45) is 0. The highest BCUT2D eigenvalue weighted by Gasteiger charge is 2.57. The topological polar surface area (TPSA) is 76.1 Å². The Balaban J connectivity index is 2.01. The molecule has 1 aliphatic heterocycles. The summed E-state index contributed by atoms with van der Waals surface area (Å²) in [5.41, 5.74) is 2.72. The quantitative estimate of drug-likeness (QED) is 0.244. The minimum Gasteiger partial charge on any atom is -0.468 e. The van der Waals surface area contributed by atoms with Crippen molar-refractivity contribution in [3.63, 3.8) is 0 Å². The molecule has 0 amide bonds. The van der Waals surface area contributed by atoms with Crippen LogP contribution in [-0.4, -0.2) is 60.1 Å². The van der Waals surface area contributed by atoms with Crippen LogP contribution >= 0.6 is 7.92 Å². The zero-order valence-corrected chi connectivity index (χ0v) is 24.1. The minimum absolute atomic E-state index is 0.466. The number of benzene rings is 3. The lowest BCUT2D eigenvalue weighted by molar-refractivity contribution is -0.156. The lowest BCUT2D eigenvalue weighted by atomic mass is 9.82. The van der Waals surface area contributed by atoms with Crippen molar-refractivity contribution in [2.24, 2.45) is 11.8 Å². The second kappa shape index (κ2) is 12.0. The number of carbonyl (C=O) groups excluding carboxylic acids is 3. The van der Waals surface area contributed by atoms with Crippen LogP contribution in [0.5, 0.6) is 0 Å². The average Bonchev–Trinajstić information content (AvgIpc) is 2.96. The molecule has 7 nitrogen and oxygen atoms in total. The summed E-state index contributed by atoms with van der Waals surface area (Å²) in [5, 5.41) is 0.992. The lowest BCUT2D eigenvalue weighted by Gasteiger charge is -2.45. The summed E-state index contributed by atoms with van der Waals surface area (Å²) in [7, 11) is 9.08. The van der Waals surface area contributed by atoms with Gasteiger partial charge >= 0.3 is 11.9 Å². The number of rotatable bonds is 7. The summed E-state index contributed by atoms with van der Waals surface area (Å²) in [5.74, 6) is -4.03. The van der Waals surface area contributed by atoms with Gasteiger partial charge in [-0.1, -0.05) is 62.5 Å². The normalized spacial score (nSPS) is 22.6. The van der Waals surface area contributed by atoms with Gasteiger partial charge < -0.3 is 19.3 Å². The molecule has 1 saturated heterocycles. The molecule has 8 heteroatoms. The maximum atomic E-state index is 14.2. The Labute approximate surface area is 231 Å². The highest BCUT2D eigenvalue weighted by Crippen LogP contribution is 2.69. The number of anilines is 2. The average molecular weight is 547 g/mol. The van der Waals surface area contributed by atoms with Gasteiger partial charge in [0.15, 0.2) is 5.78 Å². The second-order valence-corrected chi connectivity index (χ2v) is 12.5. The maximum absolute atomic E-state index is 14.2. The number of carbonyl (C=O) groups is 3. The van der Waals surface area contributed by atoms with E-state index in [1.165, 1.54) is 14.2 Å². The van der Waals surface area contributed by atoms with E-state index in [-0.39, 0.29) is 0 Å². The molecule has 0 spiro atoms. The van der Waals surface area contributed by atoms with Gasteiger partial charge in [0.1, 0.15) is 11.8 Å². The molecule has 0 radical (unpaired) electrons. The Kier molecular flexibility index (Phi) is 8.71. The molecule has 0 aliphatic carbocycles. The molecule has 4 rings (SSSR count). The van der Waals surface area contributed by atoms with E-state index in [0.717, 1.165) is 27.8 Å². The van der Waals surface area contributed by atoms with Crippen molar-refractivity contribution in [3.05, 3.63) is 90.0 Å². The van der Waals surface area contributed by atoms with E-state index in [9.17, 15) is 14.4 Å². The number of methoxy groups -OCH3 is 2. The number of hydrogen-bond donors (Lipinski definition) is 0. The molecule has 3 aromatic carbocycles. The molecule has 0 aromatic heterocycles. The van der Waals surface area contributed by atoms with E-state index >= 15 is 0 Å². The molecule has 3 aromatic rings. The summed E-state index contributed by atoms with van der Waals surface area (Å²) in [4.78, 5) is 44.9. The molecule has 5 atom stereocenters. The molecule has 1 unspecified atom stereocenters. The number of Topliss-reactive ketones (excluding diaryl/α,β-unsaturated/α-hetero) is 1. The molecule has 0 bridgehead atoms. The minimum atomic E-state index is -1.33. The van der Waals surface area contributed by atoms with Gasteiger partial charge in [0.25, 0.3) is 0 Å². The zero-order valence-electron chi connectivity index (χ0n) is 23.2. The Morgan fingerprint density at radius 3 is 1.36 bits per heavy atom. The zero-order chi connectivity index (χ0) is 28.3. The third-order valence-corrected chi connectivity index (χ3v) is 10.6. The van der Waals surface area contributed by atoms with Crippen LogP contribution in [0, 0.1) is 11.8 Å². The number of ketones is 1. The first-order chi connectivity index (χ1) is 18.7. The first-order valence-corrected chi connectivity index (χ1v) is 14.2. The number of nitrogens with zero attached hydrogens (tertiary/aromatic N) is 2. The SMILES string of the molecule is COC(=O)[C@H]1C(=O)[C@@H](C(=O)OC)[C@H](c2ccc(N(C)C)cc2)P(c2ccccc2)[C@@H]1c1ccc(N(C)C)cc1. The van der Waals surface area contributed by atoms with E-state index in [2.05, 4.69) is 0 Å². The number of ether oxygens (including phenoxy) is 2. The fourth-order valence-electron chi connectivity index (χ4n) is 5.31. The Hall–Kier alpha value is -3.70. The Morgan fingerprint density at radius 2 is 1.03 bits per heavy atom. The van der Waals surface area contributed by atoms with Gasteiger partial charge in [-0.15, -0.1) is 0 Å².